The van der Waals surface area contributed by atoms with Gasteiger partial charge in [-0.3, -0.25) is 0 Å². The molecule has 0 amide bonds. The van der Waals surface area contributed by atoms with Gasteiger partial charge in [-0.05, 0) is 13.3 Å². The first-order chi connectivity index (χ1) is 9.74. The first kappa shape index (κ1) is 14.5. The number of nitrogens with one attached hydrogen (secondary N) is 1. The Labute approximate surface area is 120 Å². The third-order valence-corrected chi connectivity index (χ3v) is 3.09. The molecule has 1 atom stereocenters. The molecule has 4 nitrogen and oxygen atoms in total. The molecule has 0 aliphatic carbocycles. The number of benzene rings is 1. The maximum absolute atomic E-state index is 5.33. The number of aromatic nitrogens is 2. The van der Waals surface area contributed by atoms with Gasteiger partial charge >= 0.3 is 0 Å². The molecule has 1 heterocycles. The topological polar surface area (TPSA) is 47.0 Å². The van der Waals surface area contributed by atoms with Crippen LogP contribution < -0.4 is 5.32 Å². The Bertz CT molecular complexity index is 543. The summed E-state index contributed by atoms with van der Waals surface area (Å²) < 4.78 is 5.33. The van der Waals surface area contributed by atoms with Gasteiger partial charge in [-0.25, -0.2) is 9.97 Å². The van der Waals surface area contributed by atoms with Crippen LogP contribution >= 0.6 is 0 Å². The fourth-order valence-corrected chi connectivity index (χ4v) is 1.85. The van der Waals surface area contributed by atoms with Crippen molar-refractivity contribution in [2.45, 2.75) is 26.4 Å². The lowest BCUT2D eigenvalue weighted by atomic mass is 10.1. The SMILES string of the molecule is CCCNc1cc(-c2ccccc2)nc(C(C)OC)n1. The summed E-state index contributed by atoms with van der Waals surface area (Å²) in [6.07, 6.45) is 0.931. The van der Waals surface area contributed by atoms with Crippen LogP contribution in [0.5, 0.6) is 0 Å². The second-order valence-corrected chi connectivity index (χ2v) is 4.67. The maximum Gasteiger partial charge on any atom is 0.159 e. The second-order valence-electron chi connectivity index (χ2n) is 4.67. The van der Waals surface area contributed by atoms with Crippen molar-refractivity contribution in [3.63, 3.8) is 0 Å². The first-order valence-electron chi connectivity index (χ1n) is 6.95. The van der Waals surface area contributed by atoms with Crippen molar-refractivity contribution >= 4 is 5.82 Å². The predicted octanol–water partition coefficient (Wildman–Crippen LogP) is 3.67. The van der Waals surface area contributed by atoms with Crippen molar-refractivity contribution in [1.29, 1.82) is 0 Å². The molecular formula is C16H21N3O. The van der Waals surface area contributed by atoms with Crippen molar-refractivity contribution in [3.05, 3.63) is 42.2 Å². The van der Waals surface area contributed by atoms with E-state index < -0.39 is 0 Å². The fourth-order valence-electron chi connectivity index (χ4n) is 1.85. The summed E-state index contributed by atoms with van der Waals surface area (Å²) in [6, 6.07) is 12.1. The van der Waals surface area contributed by atoms with Gasteiger partial charge in [0.25, 0.3) is 0 Å². The molecule has 0 aliphatic rings. The van der Waals surface area contributed by atoms with E-state index in [2.05, 4.69) is 22.2 Å². The van der Waals surface area contributed by atoms with Crippen LogP contribution in [0.15, 0.2) is 36.4 Å². The van der Waals surface area contributed by atoms with E-state index in [9.17, 15) is 0 Å². The van der Waals surface area contributed by atoms with Crippen LogP contribution in [0, 0.1) is 0 Å². The lowest BCUT2D eigenvalue weighted by Gasteiger charge is -2.13. The summed E-state index contributed by atoms with van der Waals surface area (Å²) in [5.74, 6) is 1.55. The molecule has 1 unspecified atom stereocenters. The van der Waals surface area contributed by atoms with Gasteiger partial charge in [0.05, 0.1) is 5.69 Å². The van der Waals surface area contributed by atoms with E-state index in [1.54, 1.807) is 7.11 Å². The highest BCUT2D eigenvalue weighted by atomic mass is 16.5. The molecule has 1 aromatic carbocycles. The third-order valence-electron chi connectivity index (χ3n) is 3.09. The Balaban J connectivity index is 2.40. The summed E-state index contributed by atoms with van der Waals surface area (Å²) in [4.78, 5) is 9.13. The summed E-state index contributed by atoms with van der Waals surface area (Å²) in [5.41, 5.74) is 2.00. The zero-order chi connectivity index (χ0) is 14.4. The minimum atomic E-state index is -0.124. The predicted molar refractivity (Wildman–Crippen MR) is 81.7 cm³/mol. The number of ether oxygens (including phenoxy) is 1. The maximum atomic E-state index is 5.33. The van der Waals surface area contributed by atoms with Gasteiger partial charge in [-0.15, -0.1) is 0 Å². The lowest BCUT2D eigenvalue weighted by Crippen LogP contribution is -2.09. The normalized spacial score (nSPS) is 12.2. The Morgan fingerprint density at radius 2 is 1.95 bits per heavy atom. The highest BCUT2D eigenvalue weighted by Gasteiger charge is 2.11. The van der Waals surface area contributed by atoms with Crippen molar-refractivity contribution < 1.29 is 4.74 Å². The lowest BCUT2D eigenvalue weighted by molar-refractivity contribution is 0.112. The van der Waals surface area contributed by atoms with Crippen LogP contribution in [0.1, 0.15) is 32.2 Å². The van der Waals surface area contributed by atoms with Crippen molar-refractivity contribution in [2.24, 2.45) is 0 Å². The first-order valence-corrected chi connectivity index (χ1v) is 6.95. The minimum absolute atomic E-state index is 0.124. The molecule has 0 saturated heterocycles. The van der Waals surface area contributed by atoms with Gasteiger partial charge in [0.2, 0.25) is 0 Å². The average Bonchev–Trinajstić information content (AvgIpc) is 2.52. The third kappa shape index (κ3) is 3.54. The van der Waals surface area contributed by atoms with Gasteiger partial charge in [0, 0.05) is 25.3 Å². The zero-order valence-electron chi connectivity index (χ0n) is 12.3. The molecule has 0 radical (unpaired) electrons. The van der Waals surface area contributed by atoms with Gasteiger partial charge < -0.3 is 10.1 Å². The van der Waals surface area contributed by atoms with Crippen LogP contribution in [0.2, 0.25) is 0 Å². The second kappa shape index (κ2) is 7.01. The van der Waals surface area contributed by atoms with Crippen LogP contribution in [0.25, 0.3) is 11.3 Å². The van der Waals surface area contributed by atoms with Crippen molar-refractivity contribution in [1.82, 2.24) is 9.97 Å². The van der Waals surface area contributed by atoms with Crippen LogP contribution in [-0.4, -0.2) is 23.6 Å². The van der Waals surface area contributed by atoms with E-state index in [0.29, 0.717) is 5.82 Å². The van der Waals surface area contributed by atoms with Crippen molar-refractivity contribution in [3.8, 4) is 11.3 Å². The Kier molecular flexibility index (Phi) is 5.07. The quantitative estimate of drug-likeness (QED) is 0.870. The Morgan fingerprint density at radius 1 is 1.20 bits per heavy atom. The molecule has 2 aromatic rings. The van der Waals surface area contributed by atoms with Gasteiger partial charge in [-0.2, -0.15) is 0 Å². The zero-order valence-corrected chi connectivity index (χ0v) is 12.3. The number of methoxy groups -OCH3 is 1. The number of hydrogen-bond acceptors (Lipinski definition) is 4. The van der Waals surface area contributed by atoms with Crippen LogP contribution in [0.3, 0.4) is 0 Å². The molecule has 0 bridgehead atoms. The number of nitrogens with zero attached hydrogens (tertiary/aromatic N) is 2. The molecular weight excluding hydrogens is 250 g/mol. The largest absolute Gasteiger partial charge is 0.374 e. The van der Waals surface area contributed by atoms with E-state index >= 15 is 0 Å². The van der Waals surface area contributed by atoms with Gasteiger partial charge in [-0.1, -0.05) is 37.3 Å². The van der Waals surface area contributed by atoms with E-state index in [1.807, 2.05) is 43.3 Å². The number of rotatable bonds is 6. The summed E-state index contributed by atoms with van der Waals surface area (Å²) in [6.45, 7) is 4.98. The standard InChI is InChI=1S/C16H21N3O/c1-4-10-17-15-11-14(13-8-6-5-7-9-13)18-16(19-15)12(2)20-3/h5-9,11-12H,4,10H2,1-3H3,(H,17,18,19). The van der Waals surface area contributed by atoms with E-state index in [-0.39, 0.29) is 6.10 Å². The summed E-state index contributed by atoms with van der Waals surface area (Å²) in [5, 5.41) is 3.32. The molecule has 0 spiro atoms. The molecule has 1 aromatic heterocycles. The van der Waals surface area contributed by atoms with E-state index in [1.165, 1.54) is 0 Å². The number of anilines is 1. The van der Waals surface area contributed by atoms with E-state index in [0.717, 1.165) is 30.0 Å². The minimum Gasteiger partial charge on any atom is -0.374 e. The van der Waals surface area contributed by atoms with Gasteiger partial charge in [0.15, 0.2) is 5.82 Å². The summed E-state index contributed by atoms with van der Waals surface area (Å²) in [7, 11) is 1.67. The smallest absolute Gasteiger partial charge is 0.159 e. The van der Waals surface area contributed by atoms with E-state index in [4.69, 9.17) is 4.74 Å². The molecule has 0 aliphatic heterocycles. The van der Waals surface area contributed by atoms with Crippen LogP contribution in [-0.2, 0) is 4.74 Å². The molecule has 0 fully saturated rings. The number of hydrogen-bond donors (Lipinski definition) is 1. The Hall–Kier alpha value is -1.94. The van der Waals surface area contributed by atoms with Crippen molar-refractivity contribution in [2.75, 3.05) is 19.0 Å². The molecule has 4 heteroatoms. The summed E-state index contributed by atoms with van der Waals surface area (Å²) >= 11 is 0. The molecule has 20 heavy (non-hydrogen) atoms. The molecule has 106 valence electrons. The Morgan fingerprint density at radius 3 is 2.60 bits per heavy atom. The average molecular weight is 271 g/mol. The highest BCUT2D eigenvalue weighted by Crippen LogP contribution is 2.22. The molecule has 1 N–H and O–H groups in total. The molecule has 0 saturated carbocycles. The highest BCUT2D eigenvalue weighted by molar-refractivity contribution is 5.62. The monoisotopic (exact) mass is 271 g/mol. The molecule has 2 rings (SSSR count). The fraction of sp³-hybridized carbons (Fsp3) is 0.375. The van der Waals surface area contributed by atoms with Gasteiger partial charge in [0.1, 0.15) is 11.9 Å². The van der Waals surface area contributed by atoms with Crippen LogP contribution in [0.4, 0.5) is 5.82 Å².